The Bertz CT molecular complexity index is 1080. The van der Waals surface area contributed by atoms with Crippen LogP contribution >= 0.6 is 11.6 Å². The standard InChI is InChI=1S/C23H28ClF3N4/c1-4-10-29(11-9-17-6-7-17)13-19-21(23(25,26)27)28-22-30(19)14-20(24)31(22)18-8-5-15(2)12-16(18)3/h5,8,12,14,17H,4,6-7,9-11,13H2,1-3H3. The summed E-state index contributed by atoms with van der Waals surface area (Å²) in [5.41, 5.74) is 2.05. The van der Waals surface area contributed by atoms with Gasteiger partial charge in [-0.15, -0.1) is 0 Å². The Morgan fingerprint density at radius 3 is 2.55 bits per heavy atom. The first-order valence-corrected chi connectivity index (χ1v) is 11.2. The first-order valence-electron chi connectivity index (χ1n) is 10.8. The van der Waals surface area contributed by atoms with Gasteiger partial charge in [0.05, 0.1) is 11.4 Å². The molecule has 0 spiro atoms. The summed E-state index contributed by atoms with van der Waals surface area (Å²) in [6, 6.07) is 5.78. The van der Waals surface area contributed by atoms with Crippen molar-refractivity contribution >= 4 is 17.4 Å². The molecule has 0 aliphatic heterocycles. The lowest BCUT2D eigenvalue weighted by molar-refractivity contribution is -0.141. The highest BCUT2D eigenvalue weighted by atomic mass is 35.5. The Morgan fingerprint density at radius 2 is 1.94 bits per heavy atom. The maximum Gasteiger partial charge on any atom is 0.435 e. The van der Waals surface area contributed by atoms with E-state index in [1.165, 1.54) is 17.2 Å². The number of hydrogen-bond donors (Lipinski definition) is 0. The number of alkyl halides is 3. The summed E-state index contributed by atoms with van der Waals surface area (Å²) in [4.78, 5) is 6.17. The van der Waals surface area contributed by atoms with E-state index in [1.54, 1.807) is 10.8 Å². The summed E-state index contributed by atoms with van der Waals surface area (Å²) in [6.45, 7) is 7.70. The topological polar surface area (TPSA) is 25.5 Å². The van der Waals surface area contributed by atoms with Crippen LogP contribution in [-0.4, -0.2) is 31.9 Å². The molecule has 1 aromatic carbocycles. The van der Waals surface area contributed by atoms with Crippen LogP contribution in [0.3, 0.4) is 0 Å². The van der Waals surface area contributed by atoms with E-state index < -0.39 is 11.9 Å². The maximum absolute atomic E-state index is 14.0. The fourth-order valence-corrected chi connectivity index (χ4v) is 4.50. The Morgan fingerprint density at radius 1 is 1.19 bits per heavy atom. The second-order valence-corrected chi connectivity index (χ2v) is 9.05. The van der Waals surface area contributed by atoms with Crippen LogP contribution in [-0.2, 0) is 12.7 Å². The molecular weight excluding hydrogens is 425 g/mol. The normalized spacial score (nSPS) is 14.8. The van der Waals surface area contributed by atoms with Gasteiger partial charge < -0.3 is 0 Å². The molecule has 2 aromatic heterocycles. The highest BCUT2D eigenvalue weighted by Gasteiger charge is 2.39. The Kier molecular flexibility index (Phi) is 6.10. The summed E-state index contributed by atoms with van der Waals surface area (Å²) < 4.78 is 45.0. The third-order valence-electron chi connectivity index (χ3n) is 5.97. The van der Waals surface area contributed by atoms with E-state index in [-0.39, 0.29) is 18.0 Å². The van der Waals surface area contributed by atoms with Crippen molar-refractivity contribution < 1.29 is 13.2 Å². The van der Waals surface area contributed by atoms with Gasteiger partial charge in [0.25, 0.3) is 0 Å². The molecule has 1 fully saturated rings. The number of benzene rings is 1. The molecule has 0 atom stereocenters. The molecule has 8 heteroatoms. The predicted octanol–water partition coefficient (Wildman–Crippen LogP) is 6.43. The smallest absolute Gasteiger partial charge is 0.298 e. The van der Waals surface area contributed by atoms with Gasteiger partial charge in [0.15, 0.2) is 5.69 Å². The van der Waals surface area contributed by atoms with E-state index in [4.69, 9.17) is 11.6 Å². The number of aryl methyl sites for hydroxylation is 2. The van der Waals surface area contributed by atoms with Gasteiger partial charge >= 0.3 is 6.18 Å². The third-order valence-corrected chi connectivity index (χ3v) is 6.23. The summed E-state index contributed by atoms with van der Waals surface area (Å²) >= 11 is 6.51. The van der Waals surface area contributed by atoms with E-state index in [0.29, 0.717) is 5.15 Å². The zero-order valence-corrected chi connectivity index (χ0v) is 18.9. The summed E-state index contributed by atoms with van der Waals surface area (Å²) in [5, 5.41) is 0.337. The quantitative estimate of drug-likeness (QED) is 0.393. The first-order chi connectivity index (χ1) is 14.7. The lowest BCUT2D eigenvalue weighted by Gasteiger charge is -2.22. The molecule has 1 aliphatic rings. The van der Waals surface area contributed by atoms with Crippen LogP contribution < -0.4 is 0 Å². The molecule has 0 unspecified atom stereocenters. The fourth-order valence-electron chi connectivity index (χ4n) is 4.23. The number of rotatable bonds is 8. The lowest BCUT2D eigenvalue weighted by Crippen LogP contribution is -2.27. The van der Waals surface area contributed by atoms with E-state index >= 15 is 0 Å². The minimum atomic E-state index is -4.53. The van der Waals surface area contributed by atoms with Gasteiger partial charge in [-0.1, -0.05) is 49.1 Å². The molecule has 4 nitrogen and oxygen atoms in total. The number of aromatic nitrogens is 3. The molecule has 1 aliphatic carbocycles. The molecule has 4 rings (SSSR count). The monoisotopic (exact) mass is 452 g/mol. The lowest BCUT2D eigenvalue weighted by atomic mass is 10.1. The molecule has 0 bridgehead atoms. The number of hydrogen-bond acceptors (Lipinski definition) is 2. The van der Waals surface area contributed by atoms with Crippen molar-refractivity contribution in [1.29, 1.82) is 0 Å². The van der Waals surface area contributed by atoms with Gasteiger partial charge in [-0.2, -0.15) is 13.2 Å². The minimum Gasteiger partial charge on any atom is -0.298 e. The van der Waals surface area contributed by atoms with Crippen LogP contribution in [0.2, 0.25) is 5.15 Å². The van der Waals surface area contributed by atoms with Crippen molar-refractivity contribution in [2.24, 2.45) is 5.92 Å². The number of nitrogens with zero attached hydrogens (tertiary/aromatic N) is 4. The first kappa shape index (κ1) is 22.2. The molecule has 0 saturated heterocycles. The minimum absolute atomic E-state index is 0.150. The maximum atomic E-state index is 14.0. The van der Waals surface area contributed by atoms with E-state index in [0.717, 1.165) is 48.7 Å². The van der Waals surface area contributed by atoms with Crippen LogP contribution in [0.25, 0.3) is 11.5 Å². The number of halogens is 4. The zero-order valence-electron chi connectivity index (χ0n) is 18.1. The molecule has 0 radical (unpaired) electrons. The fraction of sp³-hybridized carbons (Fsp3) is 0.522. The molecule has 31 heavy (non-hydrogen) atoms. The van der Waals surface area contributed by atoms with Gasteiger partial charge in [-0.25, -0.2) is 4.98 Å². The predicted molar refractivity (Wildman–Crippen MR) is 117 cm³/mol. The summed E-state index contributed by atoms with van der Waals surface area (Å²) in [5.74, 6) is 0.921. The second-order valence-electron chi connectivity index (χ2n) is 8.66. The second kappa shape index (κ2) is 8.51. The van der Waals surface area contributed by atoms with Crippen molar-refractivity contribution in [3.8, 4) is 5.69 Å². The van der Waals surface area contributed by atoms with Crippen LogP contribution in [0.15, 0.2) is 24.4 Å². The van der Waals surface area contributed by atoms with Crippen molar-refractivity contribution in [1.82, 2.24) is 18.9 Å². The van der Waals surface area contributed by atoms with Crippen LogP contribution in [0.1, 0.15) is 55.1 Å². The van der Waals surface area contributed by atoms with Crippen LogP contribution in [0.5, 0.6) is 0 Å². The van der Waals surface area contributed by atoms with Crippen molar-refractivity contribution in [2.75, 3.05) is 13.1 Å². The Labute approximate surface area is 185 Å². The SMILES string of the molecule is CCCN(CCC1CC1)Cc1c(C(F)(F)F)nc2n(-c3ccc(C)cc3C)c(Cl)cn12. The van der Waals surface area contributed by atoms with Gasteiger partial charge in [-0.3, -0.25) is 13.9 Å². The molecule has 2 heterocycles. The van der Waals surface area contributed by atoms with Crippen molar-refractivity contribution in [3.63, 3.8) is 0 Å². The molecule has 0 N–H and O–H groups in total. The van der Waals surface area contributed by atoms with Crippen molar-refractivity contribution in [3.05, 3.63) is 52.1 Å². The largest absolute Gasteiger partial charge is 0.435 e. The third kappa shape index (κ3) is 4.62. The highest BCUT2D eigenvalue weighted by Crippen LogP contribution is 2.36. The van der Waals surface area contributed by atoms with Crippen molar-refractivity contribution in [2.45, 2.75) is 59.2 Å². The van der Waals surface area contributed by atoms with Crippen LogP contribution in [0, 0.1) is 19.8 Å². The highest BCUT2D eigenvalue weighted by molar-refractivity contribution is 6.30. The number of imidazole rings is 2. The average molecular weight is 453 g/mol. The Balaban J connectivity index is 1.79. The average Bonchev–Trinajstić information content (AvgIpc) is 3.37. The van der Waals surface area contributed by atoms with Gasteiger partial charge in [0.1, 0.15) is 5.15 Å². The molecule has 168 valence electrons. The molecule has 3 aromatic rings. The van der Waals surface area contributed by atoms with E-state index in [9.17, 15) is 13.2 Å². The zero-order chi connectivity index (χ0) is 22.3. The van der Waals surface area contributed by atoms with Gasteiger partial charge in [-0.05, 0) is 57.3 Å². The van der Waals surface area contributed by atoms with E-state index in [1.807, 2.05) is 39.0 Å². The summed E-state index contributed by atoms with van der Waals surface area (Å²) in [6.07, 6.45) is 1.41. The Hall–Kier alpha value is -1.99. The molecule has 0 amide bonds. The van der Waals surface area contributed by atoms with Crippen LogP contribution in [0.4, 0.5) is 13.2 Å². The molecular formula is C23H28ClF3N4. The molecule has 1 saturated carbocycles. The van der Waals surface area contributed by atoms with E-state index in [2.05, 4.69) is 9.88 Å². The van der Waals surface area contributed by atoms with Gasteiger partial charge in [0.2, 0.25) is 5.78 Å². The van der Waals surface area contributed by atoms with Gasteiger partial charge in [0, 0.05) is 12.7 Å². The number of fused-ring (bicyclic) bond motifs is 1. The summed E-state index contributed by atoms with van der Waals surface area (Å²) in [7, 11) is 0.